The molecule has 7 aromatic rings. The fourth-order valence-electron chi connectivity index (χ4n) is 6.64. The van der Waals surface area contributed by atoms with Crippen LogP contribution in [0.3, 0.4) is 0 Å². The molecule has 0 heteroatoms. The molecule has 0 saturated carbocycles. The highest BCUT2D eigenvalue weighted by Crippen LogP contribution is 2.52. The van der Waals surface area contributed by atoms with Crippen LogP contribution in [0.25, 0.3) is 64.6 Å². The van der Waals surface area contributed by atoms with Gasteiger partial charge in [-0.2, -0.15) is 0 Å². The highest BCUT2D eigenvalue weighted by Gasteiger charge is 2.25. The zero-order valence-electron chi connectivity index (χ0n) is 22.9. The van der Waals surface area contributed by atoms with Crippen molar-refractivity contribution >= 4 is 64.6 Å². The molecule has 0 atom stereocenters. The van der Waals surface area contributed by atoms with Crippen LogP contribution >= 0.6 is 0 Å². The Morgan fingerprint density at radius 1 is 0.278 bits per heavy atom. The van der Waals surface area contributed by atoms with E-state index in [-0.39, 0.29) is 0 Å². The summed E-state index contributed by atoms with van der Waals surface area (Å²) in [5, 5.41) is 17.6. The van der Waals surface area contributed by atoms with Gasteiger partial charge in [-0.25, -0.2) is 0 Å². The Balaban J connectivity index is 1.84. The van der Waals surface area contributed by atoms with E-state index >= 15 is 0 Å². The maximum atomic E-state index is 2.51. The van der Waals surface area contributed by atoms with Gasteiger partial charge in [-0.1, -0.05) is 104 Å². The molecule has 0 amide bonds. The van der Waals surface area contributed by atoms with Crippen LogP contribution in [-0.2, 0) is 0 Å². The zero-order valence-corrected chi connectivity index (χ0v) is 22.9. The Kier molecular flexibility index (Phi) is 4.43. The number of benzene rings is 4. The molecule has 36 heavy (non-hydrogen) atoms. The van der Waals surface area contributed by atoms with Gasteiger partial charge in [0.15, 0.2) is 0 Å². The highest BCUT2D eigenvalue weighted by atomic mass is 14.3. The lowest BCUT2D eigenvalue weighted by Crippen LogP contribution is -2.00. The van der Waals surface area contributed by atoms with Crippen LogP contribution in [0, 0.1) is 0 Å². The van der Waals surface area contributed by atoms with Crippen LogP contribution in [0.2, 0.25) is 0 Å². The first-order chi connectivity index (χ1) is 17.2. The zero-order chi connectivity index (χ0) is 25.2. The molecule has 180 valence electrons. The molecule has 0 N–H and O–H groups in total. The van der Waals surface area contributed by atoms with E-state index in [0.29, 0.717) is 23.7 Å². The van der Waals surface area contributed by atoms with Gasteiger partial charge in [-0.15, -0.1) is 0 Å². The van der Waals surface area contributed by atoms with E-state index in [1.807, 2.05) is 0 Å². The van der Waals surface area contributed by atoms with Crippen LogP contribution in [-0.4, -0.2) is 0 Å². The van der Waals surface area contributed by atoms with Crippen molar-refractivity contribution in [2.75, 3.05) is 0 Å². The second-order valence-corrected chi connectivity index (χ2v) is 12.6. The molecular formula is C36H36. The molecule has 0 aliphatic rings. The molecule has 0 aliphatic heterocycles. The van der Waals surface area contributed by atoms with Gasteiger partial charge in [0.05, 0.1) is 0 Å². The summed E-state index contributed by atoms with van der Waals surface area (Å²) in [5.74, 6) is 2.02. The summed E-state index contributed by atoms with van der Waals surface area (Å²) >= 11 is 0. The van der Waals surface area contributed by atoms with Crippen molar-refractivity contribution in [1.82, 2.24) is 0 Å². The van der Waals surface area contributed by atoms with E-state index in [2.05, 4.69) is 104 Å². The molecule has 0 radical (unpaired) electrons. The van der Waals surface area contributed by atoms with Gasteiger partial charge < -0.3 is 0 Å². The maximum Gasteiger partial charge on any atom is -0.00137 e. The SMILES string of the molecule is CC(C)c1cc2c3cc(C(C)C)cc4c5cc(C(C)C)cc6c7cc(C(C)C)cc(c(c1)c2c34)c7c65. The second kappa shape index (κ2) is 7.22. The fraction of sp³-hybridized carbons (Fsp3) is 0.333. The monoisotopic (exact) mass is 468 g/mol. The van der Waals surface area contributed by atoms with Gasteiger partial charge in [-0.3, -0.25) is 0 Å². The lowest BCUT2D eigenvalue weighted by atomic mass is 9.77. The predicted octanol–water partition coefficient (Wildman–Crippen LogP) is 11.4. The third-order valence-corrected chi connectivity index (χ3v) is 8.97. The van der Waals surface area contributed by atoms with E-state index < -0.39 is 0 Å². The molecule has 0 aliphatic carbocycles. The van der Waals surface area contributed by atoms with E-state index in [9.17, 15) is 0 Å². The lowest BCUT2D eigenvalue weighted by Gasteiger charge is -2.26. The van der Waals surface area contributed by atoms with Crippen molar-refractivity contribution in [3.63, 3.8) is 0 Å². The van der Waals surface area contributed by atoms with Crippen molar-refractivity contribution in [3.05, 3.63) is 70.8 Å². The molecule has 0 bridgehead atoms. The maximum absolute atomic E-state index is 2.51. The summed E-state index contributed by atoms with van der Waals surface area (Å²) in [4.78, 5) is 0. The van der Waals surface area contributed by atoms with Gasteiger partial charge in [0, 0.05) is 0 Å². The second-order valence-electron chi connectivity index (χ2n) is 12.6. The quantitative estimate of drug-likeness (QED) is 0.241. The molecule has 0 spiro atoms. The smallest absolute Gasteiger partial charge is 0.00137 e. The minimum Gasteiger partial charge on any atom is -0.0587 e. The largest absolute Gasteiger partial charge is 0.0587 e. The minimum absolute atomic E-state index is 0.504. The predicted molar refractivity (Wildman–Crippen MR) is 161 cm³/mol. The topological polar surface area (TPSA) is 0 Å². The van der Waals surface area contributed by atoms with Gasteiger partial charge in [-0.05, 0) is 111 Å². The van der Waals surface area contributed by atoms with Crippen molar-refractivity contribution in [3.8, 4) is 0 Å². The standard InChI is InChI=1S/C36H36/c1-17(2)21-9-25-26-10-22(18(3)4)15-31-32-16-24(20(7)8)12-28-27-11-23(19(5)6)14-30(35(27)36(28)32)29(13-21)33(25)34(26)31/h9-20H,1-8H3. The van der Waals surface area contributed by atoms with Gasteiger partial charge >= 0.3 is 0 Å². The molecule has 0 nitrogen and oxygen atoms in total. The van der Waals surface area contributed by atoms with Crippen LogP contribution in [0.1, 0.15) is 101 Å². The van der Waals surface area contributed by atoms with Crippen LogP contribution < -0.4 is 0 Å². The fourth-order valence-corrected chi connectivity index (χ4v) is 6.64. The number of fused-ring (bicyclic) bond motifs is 4. The summed E-state index contributed by atoms with van der Waals surface area (Å²) in [6.45, 7) is 18.6. The molecule has 0 unspecified atom stereocenters. The average molecular weight is 469 g/mol. The Morgan fingerprint density at radius 3 is 0.528 bits per heavy atom. The van der Waals surface area contributed by atoms with Crippen LogP contribution in [0.5, 0.6) is 0 Å². The minimum atomic E-state index is 0.504. The summed E-state index contributed by atoms with van der Waals surface area (Å²) in [5.41, 5.74) is 5.80. The van der Waals surface area contributed by atoms with E-state index in [1.165, 1.54) is 86.9 Å². The normalized spacial score (nSPS) is 13.4. The van der Waals surface area contributed by atoms with Gasteiger partial charge in [0.1, 0.15) is 0 Å². The molecule has 0 heterocycles. The first-order valence-corrected chi connectivity index (χ1v) is 13.9. The Bertz CT molecular complexity index is 1640. The highest BCUT2D eigenvalue weighted by molar-refractivity contribution is 6.47. The van der Waals surface area contributed by atoms with Crippen molar-refractivity contribution < 1.29 is 0 Å². The Morgan fingerprint density at radius 2 is 0.417 bits per heavy atom. The molecule has 0 saturated heterocycles. The Labute approximate surface area is 214 Å². The number of hydrogen-bond acceptors (Lipinski definition) is 0. The van der Waals surface area contributed by atoms with Gasteiger partial charge in [0.2, 0.25) is 0 Å². The molecule has 0 fully saturated rings. The molecule has 7 aromatic carbocycles. The lowest BCUT2D eigenvalue weighted by molar-refractivity contribution is 0.868. The summed E-state index contributed by atoms with van der Waals surface area (Å²) in [6, 6.07) is 20.0. The van der Waals surface area contributed by atoms with E-state index in [0.717, 1.165) is 0 Å². The van der Waals surface area contributed by atoms with Gasteiger partial charge in [0.25, 0.3) is 0 Å². The molecule has 0 aromatic heterocycles. The van der Waals surface area contributed by atoms with Crippen LogP contribution in [0.15, 0.2) is 48.5 Å². The van der Waals surface area contributed by atoms with Crippen molar-refractivity contribution in [2.45, 2.75) is 79.1 Å². The van der Waals surface area contributed by atoms with E-state index in [1.54, 1.807) is 0 Å². The molecule has 7 rings (SSSR count). The summed E-state index contributed by atoms with van der Waals surface area (Å²) < 4.78 is 0. The van der Waals surface area contributed by atoms with Crippen molar-refractivity contribution in [1.29, 1.82) is 0 Å². The molecular weight excluding hydrogens is 432 g/mol. The third kappa shape index (κ3) is 2.71. The number of rotatable bonds is 4. The Hall–Kier alpha value is -3.12. The average Bonchev–Trinajstić information content (AvgIpc) is 2.81. The van der Waals surface area contributed by atoms with Crippen LogP contribution in [0.4, 0.5) is 0 Å². The summed E-state index contributed by atoms with van der Waals surface area (Å²) in [7, 11) is 0. The van der Waals surface area contributed by atoms with E-state index in [4.69, 9.17) is 0 Å². The van der Waals surface area contributed by atoms with Crippen molar-refractivity contribution in [2.24, 2.45) is 0 Å². The summed E-state index contributed by atoms with van der Waals surface area (Å²) in [6.07, 6.45) is 0. The number of hydrogen-bond donors (Lipinski definition) is 0. The first-order valence-electron chi connectivity index (χ1n) is 13.9. The third-order valence-electron chi connectivity index (χ3n) is 8.97. The first kappa shape index (κ1) is 22.1.